The minimum atomic E-state index is 1.20. The van der Waals surface area contributed by atoms with Crippen molar-refractivity contribution in [1.29, 1.82) is 0 Å². The first-order valence-electron chi connectivity index (χ1n) is 3.71. The summed E-state index contributed by atoms with van der Waals surface area (Å²) < 4.78 is 2.21. The minimum Gasteiger partial charge on any atom is -0.328 e. The molecule has 0 spiro atoms. The number of rotatable bonds is 0. The van der Waals surface area contributed by atoms with Crippen LogP contribution in [-0.4, -0.2) is 4.57 Å². The van der Waals surface area contributed by atoms with Gasteiger partial charge in [-0.05, 0) is 31.4 Å². The van der Waals surface area contributed by atoms with Gasteiger partial charge in [0.2, 0.25) is 0 Å². The molecule has 52 valence electrons. The standard InChI is InChI=1S/C9H11N/c1-8-5-7-10-6-3-2-4-9(8)10/h3,5-7H,2,4H2,1H3. The fourth-order valence-corrected chi connectivity index (χ4v) is 1.46. The fourth-order valence-electron chi connectivity index (χ4n) is 1.46. The molecule has 0 aromatic carbocycles. The third-order valence-corrected chi connectivity index (χ3v) is 2.07. The highest BCUT2D eigenvalue weighted by Crippen LogP contribution is 2.16. The van der Waals surface area contributed by atoms with E-state index >= 15 is 0 Å². The van der Waals surface area contributed by atoms with Crippen molar-refractivity contribution in [3.8, 4) is 0 Å². The first kappa shape index (κ1) is 5.78. The average molecular weight is 133 g/mol. The first-order valence-corrected chi connectivity index (χ1v) is 3.71. The van der Waals surface area contributed by atoms with Gasteiger partial charge < -0.3 is 4.57 Å². The molecule has 0 radical (unpaired) electrons. The zero-order chi connectivity index (χ0) is 6.97. The summed E-state index contributed by atoms with van der Waals surface area (Å²) in [5.74, 6) is 0. The second kappa shape index (κ2) is 2.01. The Kier molecular flexibility index (Phi) is 1.16. The summed E-state index contributed by atoms with van der Waals surface area (Å²) in [7, 11) is 0. The van der Waals surface area contributed by atoms with Crippen molar-refractivity contribution in [3.05, 3.63) is 29.6 Å². The van der Waals surface area contributed by atoms with Crippen molar-refractivity contribution in [1.82, 2.24) is 4.57 Å². The molecule has 2 heterocycles. The second-order valence-electron chi connectivity index (χ2n) is 2.78. The molecule has 10 heavy (non-hydrogen) atoms. The van der Waals surface area contributed by atoms with Gasteiger partial charge in [-0.25, -0.2) is 0 Å². The maximum atomic E-state index is 2.21. The Hall–Kier alpha value is -0.980. The van der Waals surface area contributed by atoms with Crippen LogP contribution in [0.15, 0.2) is 18.3 Å². The Morgan fingerprint density at radius 1 is 1.50 bits per heavy atom. The van der Waals surface area contributed by atoms with Gasteiger partial charge in [-0.15, -0.1) is 0 Å². The third kappa shape index (κ3) is 0.703. The van der Waals surface area contributed by atoms with Gasteiger partial charge in [0, 0.05) is 18.1 Å². The van der Waals surface area contributed by atoms with E-state index in [1.54, 1.807) is 0 Å². The molecule has 0 N–H and O–H groups in total. The van der Waals surface area contributed by atoms with E-state index in [-0.39, 0.29) is 0 Å². The summed E-state index contributed by atoms with van der Waals surface area (Å²) in [5, 5.41) is 0. The molecule has 1 heteroatoms. The largest absolute Gasteiger partial charge is 0.328 e. The Balaban J connectivity index is 2.57. The number of aromatic nitrogens is 1. The Morgan fingerprint density at radius 3 is 3.20 bits per heavy atom. The van der Waals surface area contributed by atoms with E-state index in [0.717, 1.165) is 0 Å². The molecule has 1 aliphatic heterocycles. The van der Waals surface area contributed by atoms with Crippen LogP contribution in [0.3, 0.4) is 0 Å². The first-order chi connectivity index (χ1) is 4.88. The van der Waals surface area contributed by atoms with Gasteiger partial charge in [-0.3, -0.25) is 0 Å². The molecule has 0 amide bonds. The van der Waals surface area contributed by atoms with Gasteiger partial charge in [0.05, 0.1) is 0 Å². The highest BCUT2D eigenvalue weighted by Gasteiger charge is 2.04. The van der Waals surface area contributed by atoms with Crippen LogP contribution in [0.1, 0.15) is 17.7 Å². The van der Waals surface area contributed by atoms with Gasteiger partial charge >= 0.3 is 0 Å². The molecule has 0 saturated heterocycles. The highest BCUT2D eigenvalue weighted by molar-refractivity contribution is 5.36. The molecule has 0 aliphatic carbocycles. The maximum Gasteiger partial charge on any atom is 0.0253 e. The van der Waals surface area contributed by atoms with Crippen LogP contribution in [0.2, 0.25) is 0 Å². The van der Waals surface area contributed by atoms with Gasteiger partial charge in [0.25, 0.3) is 0 Å². The number of fused-ring (bicyclic) bond motifs is 1. The monoisotopic (exact) mass is 133 g/mol. The van der Waals surface area contributed by atoms with Crippen molar-refractivity contribution in [2.24, 2.45) is 0 Å². The molecule has 2 rings (SSSR count). The van der Waals surface area contributed by atoms with E-state index in [1.165, 1.54) is 24.1 Å². The summed E-state index contributed by atoms with van der Waals surface area (Å²) in [6, 6.07) is 2.17. The molecule has 1 aromatic rings. The molecule has 0 bridgehead atoms. The van der Waals surface area contributed by atoms with Crippen molar-refractivity contribution in [2.75, 3.05) is 0 Å². The number of allylic oxidation sites excluding steroid dienone is 1. The maximum absolute atomic E-state index is 2.21. The van der Waals surface area contributed by atoms with Crippen LogP contribution in [0.5, 0.6) is 0 Å². The molecule has 1 nitrogen and oxygen atoms in total. The molecule has 0 unspecified atom stereocenters. The lowest BCUT2D eigenvalue weighted by Gasteiger charge is -2.08. The average Bonchev–Trinajstić information content (AvgIpc) is 2.34. The topological polar surface area (TPSA) is 4.93 Å². The summed E-state index contributed by atoms with van der Waals surface area (Å²) in [6.45, 7) is 2.17. The Morgan fingerprint density at radius 2 is 2.40 bits per heavy atom. The number of hydrogen-bond acceptors (Lipinski definition) is 0. The number of hydrogen-bond donors (Lipinski definition) is 0. The molecule has 0 atom stereocenters. The van der Waals surface area contributed by atoms with Crippen LogP contribution < -0.4 is 0 Å². The van der Waals surface area contributed by atoms with Crippen LogP contribution in [0.25, 0.3) is 6.20 Å². The van der Waals surface area contributed by atoms with Crippen LogP contribution >= 0.6 is 0 Å². The van der Waals surface area contributed by atoms with Crippen LogP contribution in [0, 0.1) is 6.92 Å². The van der Waals surface area contributed by atoms with Crippen molar-refractivity contribution >= 4 is 6.20 Å². The van der Waals surface area contributed by atoms with E-state index in [1.807, 2.05) is 0 Å². The Bertz CT molecular complexity index is 268. The third-order valence-electron chi connectivity index (χ3n) is 2.07. The fraction of sp³-hybridized carbons (Fsp3) is 0.333. The van der Waals surface area contributed by atoms with Gasteiger partial charge in [-0.1, -0.05) is 6.08 Å². The molecule has 0 fully saturated rings. The van der Waals surface area contributed by atoms with Gasteiger partial charge in [-0.2, -0.15) is 0 Å². The normalized spacial score (nSPS) is 15.3. The molecular weight excluding hydrogens is 122 g/mol. The van der Waals surface area contributed by atoms with Gasteiger partial charge in [0.1, 0.15) is 0 Å². The second-order valence-corrected chi connectivity index (χ2v) is 2.78. The van der Waals surface area contributed by atoms with Gasteiger partial charge in [0.15, 0.2) is 0 Å². The zero-order valence-corrected chi connectivity index (χ0v) is 6.17. The van der Waals surface area contributed by atoms with E-state index in [9.17, 15) is 0 Å². The highest BCUT2D eigenvalue weighted by atomic mass is 14.9. The number of nitrogens with zero attached hydrogens (tertiary/aromatic N) is 1. The quantitative estimate of drug-likeness (QED) is 0.511. The number of aryl methyl sites for hydroxylation is 1. The predicted molar refractivity (Wildman–Crippen MR) is 42.8 cm³/mol. The molecule has 1 aliphatic rings. The SMILES string of the molecule is Cc1ccn2c1CCC=C2. The summed E-state index contributed by atoms with van der Waals surface area (Å²) >= 11 is 0. The lowest BCUT2D eigenvalue weighted by Crippen LogP contribution is -1.99. The van der Waals surface area contributed by atoms with Crippen LogP contribution in [0.4, 0.5) is 0 Å². The molecule has 0 saturated carbocycles. The van der Waals surface area contributed by atoms with Crippen molar-refractivity contribution in [3.63, 3.8) is 0 Å². The smallest absolute Gasteiger partial charge is 0.0253 e. The summed E-state index contributed by atoms with van der Waals surface area (Å²) in [4.78, 5) is 0. The van der Waals surface area contributed by atoms with Crippen molar-refractivity contribution < 1.29 is 0 Å². The van der Waals surface area contributed by atoms with E-state index in [0.29, 0.717) is 0 Å². The van der Waals surface area contributed by atoms with Crippen molar-refractivity contribution in [2.45, 2.75) is 19.8 Å². The minimum absolute atomic E-state index is 1.20. The predicted octanol–water partition coefficient (Wildman–Crippen LogP) is 2.21. The lowest BCUT2D eigenvalue weighted by atomic mass is 10.1. The summed E-state index contributed by atoms with van der Waals surface area (Å²) in [6.07, 6.45) is 8.89. The van der Waals surface area contributed by atoms with E-state index < -0.39 is 0 Å². The summed E-state index contributed by atoms with van der Waals surface area (Å²) in [5.41, 5.74) is 2.90. The molecular formula is C9H11N. The molecule has 1 aromatic heterocycles. The van der Waals surface area contributed by atoms with E-state index in [2.05, 4.69) is 36.0 Å². The van der Waals surface area contributed by atoms with E-state index in [4.69, 9.17) is 0 Å². The zero-order valence-electron chi connectivity index (χ0n) is 6.17. The lowest BCUT2D eigenvalue weighted by molar-refractivity contribution is 0.868. The Labute approximate surface area is 61.0 Å². The van der Waals surface area contributed by atoms with Crippen LogP contribution in [-0.2, 0) is 6.42 Å².